The molecule has 0 bridgehead atoms. The smallest absolute Gasteiger partial charge is 0.0839 e. The van der Waals surface area contributed by atoms with Gasteiger partial charge in [-0.3, -0.25) is 0 Å². The van der Waals surface area contributed by atoms with Crippen molar-refractivity contribution in [2.24, 2.45) is 0 Å². The molecule has 0 radical (unpaired) electrons. The third kappa shape index (κ3) is 2.66. The Balaban J connectivity index is 2.38. The number of nitrogen functional groups attached to an aromatic ring is 2. The minimum Gasteiger partial charge on any atom is -0.399 e. The average molecular weight is 302 g/mol. The standard InChI is InChI=1S/C13H11Cl3N2/c14-10-6-8(11(15)12(16)13(10)18)5-7-1-3-9(17)4-2-7/h1-4,6H,5,17-18H2. The number of nitrogens with two attached hydrogens (primary N) is 2. The number of halogens is 3. The molecule has 0 aliphatic carbocycles. The highest BCUT2D eigenvalue weighted by Crippen LogP contribution is 2.37. The molecule has 18 heavy (non-hydrogen) atoms. The lowest BCUT2D eigenvalue weighted by molar-refractivity contribution is 1.19. The Labute approximate surface area is 120 Å². The van der Waals surface area contributed by atoms with E-state index in [1.807, 2.05) is 24.3 Å². The molecule has 0 saturated carbocycles. The first kappa shape index (κ1) is 13.3. The van der Waals surface area contributed by atoms with Gasteiger partial charge in [-0.05, 0) is 35.7 Å². The van der Waals surface area contributed by atoms with Crippen molar-refractivity contribution in [1.82, 2.24) is 0 Å². The van der Waals surface area contributed by atoms with Crippen LogP contribution in [0.3, 0.4) is 0 Å². The van der Waals surface area contributed by atoms with Crippen LogP contribution in [0.15, 0.2) is 30.3 Å². The average Bonchev–Trinajstić information content (AvgIpc) is 2.36. The van der Waals surface area contributed by atoms with Crippen molar-refractivity contribution in [2.45, 2.75) is 6.42 Å². The summed E-state index contributed by atoms with van der Waals surface area (Å²) in [4.78, 5) is 0. The molecule has 2 rings (SSSR count). The van der Waals surface area contributed by atoms with Gasteiger partial charge in [0.05, 0.1) is 20.8 Å². The van der Waals surface area contributed by atoms with E-state index in [2.05, 4.69) is 0 Å². The molecule has 0 spiro atoms. The second-order valence-electron chi connectivity index (χ2n) is 3.98. The first-order valence-corrected chi connectivity index (χ1v) is 6.38. The molecule has 0 aliphatic rings. The third-order valence-corrected chi connectivity index (χ3v) is 3.88. The first-order chi connectivity index (χ1) is 8.49. The first-order valence-electron chi connectivity index (χ1n) is 5.25. The fraction of sp³-hybridized carbons (Fsp3) is 0.0769. The van der Waals surface area contributed by atoms with Gasteiger partial charge in [-0.2, -0.15) is 0 Å². The summed E-state index contributed by atoms with van der Waals surface area (Å²) < 4.78 is 0. The predicted octanol–water partition coefficient (Wildman–Crippen LogP) is 4.40. The Kier molecular flexibility index (Phi) is 3.91. The summed E-state index contributed by atoms with van der Waals surface area (Å²) in [5.41, 5.74) is 14.3. The summed E-state index contributed by atoms with van der Waals surface area (Å²) in [6.07, 6.45) is 0.624. The Hall–Kier alpha value is -1.09. The van der Waals surface area contributed by atoms with Crippen LogP contribution in [-0.4, -0.2) is 0 Å². The third-order valence-electron chi connectivity index (χ3n) is 2.64. The highest BCUT2D eigenvalue weighted by molar-refractivity contribution is 6.46. The molecular formula is C13H11Cl3N2. The zero-order chi connectivity index (χ0) is 13.3. The number of benzene rings is 2. The molecular weight excluding hydrogens is 291 g/mol. The summed E-state index contributed by atoms with van der Waals surface area (Å²) in [7, 11) is 0. The molecule has 4 N–H and O–H groups in total. The van der Waals surface area contributed by atoms with Crippen molar-refractivity contribution in [3.8, 4) is 0 Å². The van der Waals surface area contributed by atoms with Crippen LogP contribution in [0.5, 0.6) is 0 Å². The van der Waals surface area contributed by atoms with Gasteiger partial charge in [-0.25, -0.2) is 0 Å². The lowest BCUT2D eigenvalue weighted by Crippen LogP contribution is -1.95. The van der Waals surface area contributed by atoms with Crippen LogP contribution in [0.25, 0.3) is 0 Å². The van der Waals surface area contributed by atoms with Crippen molar-refractivity contribution in [1.29, 1.82) is 0 Å². The van der Waals surface area contributed by atoms with E-state index in [-0.39, 0.29) is 0 Å². The normalized spacial score (nSPS) is 10.6. The van der Waals surface area contributed by atoms with Crippen LogP contribution in [0.2, 0.25) is 15.1 Å². The molecule has 5 heteroatoms. The van der Waals surface area contributed by atoms with Gasteiger partial charge in [0.2, 0.25) is 0 Å². The number of anilines is 2. The second-order valence-corrected chi connectivity index (χ2v) is 5.14. The van der Waals surface area contributed by atoms with Gasteiger partial charge < -0.3 is 11.5 Å². The monoisotopic (exact) mass is 300 g/mol. The predicted molar refractivity (Wildman–Crippen MR) is 79.5 cm³/mol. The van der Waals surface area contributed by atoms with E-state index in [9.17, 15) is 0 Å². The Bertz CT molecular complexity index is 580. The summed E-state index contributed by atoms with van der Waals surface area (Å²) in [6.45, 7) is 0. The van der Waals surface area contributed by atoms with Crippen molar-refractivity contribution in [3.05, 3.63) is 56.5 Å². The van der Waals surface area contributed by atoms with Gasteiger partial charge in [0, 0.05) is 5.69 Å². The number of hydrogen-bond donors (Lipinski definition) is 2. The van der Waals surface area contributed by atoms with Crippen LogP contribution in [-0.2, 0) is 6.42 Å². The van der Waals surface area contributed by atoms with Crippen LogP contribution in [0.4, 0.5) is 11.4 Å². The van der Waals surface area contributed by atoms with Crippen LogP contribution in [0.1, 0.15) is 11.1 Å². The molecule has 0 saturated heterocycles. The number of rotatable bonds is 2. The topological polar surface area (TPSA) is 52.0 Å². The van der Waals surface area contributed by atoms with Crippen molar-refractivity contribution >= 4 is 46.2 Å². The van der Waals surface area contributed by atoms with E-state index >= 15 is 0 Å². The fourth-order valence-electron chi connectivity index (χ4n) is 1.64. The summed E-state index contributed by atoms with van der Waals surface area (Å²) in [6, 6.07) is 9.28. The summed E-state index contributed by atoms with van der Waals surface area (Å²) in [5, 5.41) is 1.15. The largest absolute Gasteiger partial charge is 0.399 e. The summed E-state index contributed by atoms with van der Waals surface area (Å²) >= 11 is 18.2. The highest BCUT2D eigenvalue weighted by atomic mass is 35.5. The highest BCUT2D eigenvalue weighted by Gasteiger charge is 2.12. The lowest BCUT2D eigenvalue weighted by atomic mass is 10.0. The van der Waals surface area contributed by atoms with Gasteiger partial charge in [0.15, 0.2) is 0 Å². The van der Waals surface area contributed by atoms with E-state index < -0.39 is 0 Å². The van der Waals surface area contributed by atoms with E-state index in [1.165, 1.54) is 0 Å². The molecule has 2 aromatic carbocycles. The van der Waals surface area contributed by atoms with Crippen molar-refractivity contribution in [2.75, 3.05) is 11.5 Å². The van der Waals surface area contributed by atoms with Gasteiger partial charge in [0.1, 0.15) is 0 Å². The molecule has 0 unspecified atom stereocenters. The Morgan fingerprint density at radius 3 is 2.11 bits per heavy atom. The minimum atomic E-state index is 0.301. The number of hydrogen-bond acceptors (Lipinski definition) is 2. The fourth-order valence-corrected chi connectivity index (χ4v) is 2.36. The van der Waals surface area contributed by atoms with E-state index in [0.717, 1.165) is 16.8 Å². The molecule has 0 aromatic heterocycles. The van der Waals surface area contributed by atoms with E-state index in [4.69, 9.17) is 46.3 Å². The zero-order valence-electron chi connectivity index (χ0n) is 9.38. The Morgan fingerprint density at radius 2 is 1.50 bits per heavy atom. The SMILES string of the molecule is Nc1ccc(Cc2cc(Cl)c(N)c(Cl)c2Cl)cc1. The molecule has 2 aromatic rings. The Morgan fingerprint density at radius 1 is 0.889 bits per heavy atom. The molecule has 0 heterocycles. The molecule has 0 atom stereocenters. The van der Waals surface area contributed by atoms with Gasteiger partial charge >= 0.3 is 0 Å². The van der Waals surface area contributed by atoms with Crippen LogP contribution >= 0.6 is 34.8 Å². The van der Waals surface area contributed by atoms with Crippen LogP contribution in [0, 0.1) is 0 Å². The molecule has 2 nitrogen and oxygen atoms in total. The second kappa shape index (κ2) is 5.27. The van der Waals surface area contributed by atoms with Crippen molar-refractivity contribution in [3.63, 3.8) is 0 Å². The quantitative estimate of drug-likeness (QED) is 0.638. The zero-order valence-corrected chi connectivity index (χ0v) is 11.7. The lowest BCUT2D eigenvalue weighted by Gasteiger charge is -2.10. The maximum atomic E-state index is 6.16. The molecule has 0 amide bonds. The van der Waals surface area contributed by atoms with Gasteiger partial charge in [0.25, 0.3) is 0 Å². The van der Waals surface area contributed by atoms with Gasteiger partial charge in [-0.1, -0.05) is 46.9 Å². The summed E-state index contributed by atoms with van der Waals surface area (Å²) in [5.74, 6) is 0. The molecule has 94 valence electrons. The van der Waals surface area contributed by atoms with E-state index in [0.29, 0.717) is 27.2 Å². The minimum absolute atomic E-state index is 0.301. The maximum Gasteiger partial charge on any atom is 0.0839 e. The van der Waals surface area contributed by atoms with E-state index in [1.54, 1.807) is 6.07 Å². The maximum absolute atomic E-state index is 6.16. The van der Waals surface area contributed by atoms with Gasteiger partial charge in [-0.15, -0.1) is 0 Å². The van der Waals surface area contributed by atoms with Crippen LogP contribution < -0.4 is 11.5 Å². The molecule has 0 fully saturated rings. The van der Waals surface area contributed by atoms with Crippen molar-refractivity contribution < 1.29 is 0 Å². The molecule has 0 aliphatic heterocycles.